The summed E-state index contributed by atoms with van der Waals surface area (Å²) in [6.45, 7) is 1.62. The molecule has 0 fully saturated rings. The van der Waals surface area contributed by atoms with Crippen LogP contribution in [0.3, 0.4) is 0 Å². The number of rotatable bonds is 3. The molecule has 0 aliphatic heterocycles. The summed E-state index contributed by atoms with van der Waals surface area (Å²) in [5.41, 5.74) is 0.484. The van der Waals surface area contributed by atoms with Crippen LogP contribution >= 0.6 is 15.9 Å². The summed E-state index contributed by atoms with van der Waals surface area (Å²) >= 11 is 3.12. The van der Waals surface area contributed by atoms with Crippen LogP contribution in [0.5, 0.6) is 5.75 Å². The quantitative estimate of drug-likeness (QED) is 0.627. The van der Waals surface area contributed by atoms with Crippen molar-refractivity contribution in [3.8, 4) is 16.9 Å². The molecular formula is C14H10BrF2NO2. The van der Waals surface area contributed by atoms with Gasteiger partial charge in [-0.3, -0.25) is 4.79 Å². The molecular weight excluding hydrogens is 332 g/mol. The third kappa shape index (κ3) is 2.43. The number of aromatic nitrogens is 1. The topological polar surface area (TPSA) is 39.2 Å². The van der Waals surface area contributed by atoms with Crippen molar-refractivity contribution in [3.63, 3.8) is 0 Å². The molecule has 0 bridgehead atoms. The van der Waals surface area contributed by atoms with Gasteiger partial charge in [0.15, 0.2) is 17.9 Å². The van der Waals surface area contributed by atoms with Gasteiger partial charge in [0.1, 0.15) is 10.4 Å². The summed E-state index contributed by atoms with van der Waals surface area (Å²) in [5, 5.41) is 0. The number of benzene rings is 1. The summed E-state index contributed by atoms with van der Waals surface area (Å²) in [5.74, 6) is -1.46. The van der Waals surface area contributed by atoms with Crippen LogP contribution in [0, 0.1) is 18.6 Å². The lowest BCUT2D eigenvalue weighted by Crippen LogP contribution is -2.01. The number of ether oxygens (including phenoxy) is 1. The summed E-state index contributed by atoms with van der Waals surface area (Å²) < 4.78 is 33.4. The zero-order valence-corrected chi connectivity index (χ0v) is 12.3. The van der Waals surface area contributed by atoms with Crippen molar-refractivity contribution >= 4 is 22.2 Å². The largest absolute Gasteiger partial charge is 0.493 e. The average molecular weight is 342 g/mol. The molecule has 1 heterocycles. The van der Waals surface area contributed by atoms with E-state index in [0.29, 0.717) is 16.5 Å². The van der Waals surface area contributed by atoms with E-state index >= 15 is 0 Å². The molecule has 0 aliphatic carbocycles. The Bertz CT molecular complexity index is 689. The minimum Gasteiger partial charge on any atom is -0.493 e. The van der Waals surface area contributed by atoms with Gasteiger partial charge >= 0.3 is 0 Å². The Balaban J connectivity index is 2.80. The van der Waals surface area contributed by atoms with E-state index in [1.54, 1.807) is 6.92 Å². The van der Waals surface area contributed by atoms with Crippen molar-refractivity contribution in [3.05, 3.63) is 45.7 Å². The Morgan fingerprint density at radius 1 is 1.30 bits per heavy atom. The fourth-order valence-electron chi connectivity index (χ4n) is 1.98. The molecule has 2 rings (SSSR count). The predicted molar refractivity (Wildman–Crippen MR) is 74.0 cm³/mol. The van der Waals surface area contributed by atoms with Crippen molar-refractivity contribution in [2.24, 2.45) is 0 Å². The van der Waals surface area contributed by atoms with E-state index < -0.39 is 11.6 Å². The van der Waals surface area contributed by atoms with Crippen molar-refractivity contribution in [2.75, 3.05) is 7.11 Å². The Hall–Kier alpha value is -1.82. The lowest BCUT2D eigenvalue weighted by Gasteiger charge is -2.13. The maximum atomic E-state index is 14.2. The number of nitrogens with zero attached hydrogens (tertiary/aromatic N) is 1. The zero-order valence-electron chi connectivity index (χ0n) is 10.7. The van der Waals surface area contributed by atoms with Crippen LogP contribution in [0.25, 0.3) is 11.1 Å². The lowest BCUT2D eigenvalue weighted by molar-refractivity contribution is 0.111. The Kier molecular flexibility index (Phi) is 4.13. The number of carbonyl (C=O) groups is 1. The molecule has 0 spiro atoms. The van der Waals surface area contributed by atoms with Gasteiger partial charge in [-0.2, -0.15) is 0 Å². The molecule has 20 heavy (non-hydrogen) atoms. The van der Waals surface area contributed by atoms with Crippen molar-refractivity contribution < 1.29 is 18.3 Å². The first-order valence-electron chi connectivity index (χ1n) is 5.63. The molecule has 0 aliphatic rings. The van der Waals surface area contributed by atoms with Gasteiger partial charge < -0.3 is 4.74 Å². The molecule has 0 unspecified atom stereocenters. The van der Waals surface area contributed by atoms with Crippen LogP contribution in [-0.4, -0.2) is 18.4 Å². The molecule has 0 saturated heterocycles. The fraction of sp³-hybridized carbons (Fsp3) is 0.143. The number of carbonyl (C=O) groups excluding carboxylic acids is 1. The second-order valence-corrected chi connectivity index (χ2v) is 4.92. The highest BCUT2D eigenvalue weighted by Crippen LogP contribution is 2.34. The molecule has 0 atom stereocenters. The maximum Gasteiger partial charge on any atom is 0.176 e. The summed E-state index contributed by atoms with van der Waals surface area (Å²) in [4.78, 5) is 14.9. The molecule has 0 amide bonds. The maximum absolute atomic E-state index is 14.2. The molecule has 0 radical (unpaired) electrons. The van der Waals surface area contributed by atoms with E-state index in [0.717, 1.165) is 6.20 Å². The SMILES string of the molecule is COc1c(C)cc(-c2cc(Br)ncc2F)c(C=O)c1F. The number of aryl methyl sites for hydroxylation is 1. The monoisotopic (exact) mass is 341 g/mol. The van der Waals surface area contributed by atoms with Crippen molar-refractivity contribution in [1.29, 1.82) is 0 Å². The van der Waals surface area contributed by atoms with Gasteiger partial charge in [-0.15, -0.1) is 0 Å². The molecule has 0 N–H and O–H groups in total. The van der Waals surface area contributed by atoms with E-state index in [4.69, 9.17) is 4.74 Å². The molecule has 3 nitrogen and oxygen atoms in total. The van der Waals surface area contributed by atoms with Gasteiger partial charge in [0.25, 0.3) is 0 Å². The summed E-state index contributed by atoms with van der Waals surface area (Å²) in [6, 6.07) is 2.90. The highest BCUT2D eigenvalue weighted by molar-refractivity contribution is 9.10. The molecule has 0 saturated carbocycles. The van der Waals surface area contributed by atoms with Crippen LogP contribution in [0.15, 0.2) is 22.9 Å². The van der Waals surface area contributed by atoms with Gasteiger partial charge in [-0.1, -0.05) is 0 Å². The minimum absolute atomic E-state index is 0.0237. The molecule has 104 valence electrons. The van der Waals surface area contributed by atoms with Crippen LogP contribution in [0.4, 0.5) is 8.78 Å². The number of methoxy groups -OCH3 is 1. The first-order chi connectivity index (χ1) is 9.49. The van der Waals surface area contributed by atoms with Crippen LogP contribution in [0.2, 0.25) is 0 Å². The molecule has 6 heteroatoms. The number of aldehydes is 1. The second kappa shape index (κ2) is 5.66. The Labute approximate surface area is 122 Å². The van der Waals surface area contributed by atoms with Gasteiger partial charge in [-0.05, 0) is 46.1 Å². The Morgan fingerprint density at radius 3 is 2.60 bits per heavy atom. The highest BCUT2D eigenvalue weighted by Gasteiger charge is 2.20. The summed E-state index contributed by atoms with van der Waals surface area (Å²) in [6.07, 6.45) is 1.35. The normalized spacial score (nSPS) is 10.4. The van der Waals surface area contributed by atoms with Gasteiger partial charge in [-0.25, -0.2) is 13.8 Å². The number of pyridine rings is 1. The van der Waals surface area contributed by atoms with Gasteiger partial charge in [0.2, 0.25) is 0 Å². The van der Waals surface area contributed by atoms with Crippen LogP contribution < -0.4 is 4.74 Å². The summed E-state index contributed by atoms with van der Waals surface area (Å²) in [7, 11) is 1.31. The average Bonchev–Trinajstić information content (AvgIpc) is 2.41. The van der Waals surface area contributed by atoms with Crippen LogP contribution in [0.1, 0.15) is 15.9 Å². The molecule has 2 aromatic rings. The first kappa shape index (κ1) is 14.6. The zero-order chi connectivity index (χ0) is 14.9. The van der Waals surface area contributed by atoms with Crippen molar-refractivity contribution in [1.82, 2.24) is 4.98 Å². The van der Waals surface area contributed by atoms with E-state index in [1.165, 1.54) is 19.2 Å². The highest BCUT2D eigenvalue weighted by atomic mass is 79.9. The number of hydrogen-bond acceptors (Lipinski definition) is 3. The lowest BCUT2D eigenvalue weighted by atomic mass is 9.97. The van der Waals surface area contributed by atoms with E-state index in [9.17, 15) is 13.6 Å². The fourth-order valence-corrected chi connectivity index (χ4v) is 2.31. The van der Waals surface area contributed by atoms with E-state index in [-0.39, 0.29) is 22.4 Å². The first-order valence-corrected chi connectivity index (χ1v) is 6.42. The minimum atomic E-state index is -0.801. The Morgan fingerprint density at radius 2 is 2.00 bits per heavy atom. The third-order valence-electron chi connectivity index (χ3n) is 2.88. The number of hydrogen-bond donors (Lipinski definition) is 0. The molecule has 1 aromatic heterocycles. The van der Waals surface area contributed by atoms with E-state index in [2.05, 4.69) is 20.9 Å². The van der Waals surface area contributed by atoms with Crippen LogP contribution in [-0.2, 0) is 0 Å². The number of halogens is 3. The standard InChI is InChI=1S/C14H10BrF2NO2/c1-7-3-8(9-4-12(15)18-5-11(9)16)10(6-19)13(17)14(7)20-2/h3-6H,1-2H3. The smallest absolute Gasteiger partial charge is 0.176 e. The van der Waals surface area contributed by atoms with E-state index in [1.807, 2.05) is 0 Å². The predicted octanol–water partition coefficient (Wildman–Crippen LogP) is 3.92. The van der Waals surface area contributed by atoms with Crippen molar-refractivity contribution in [2.45, 2.75) is 6.92 Å². The third-order valence-corrected chi connectivity index (χ3v) is 3.31. The van der Waals surface area contributed by atoms with Gasteiger partial charge in [0.05, 0.1) is 18.9 Å². The molecule has 1 aromatic carbocycles. The van der Waals surface area contributed by atoms with Gasteiger partial charge in [0, 0.05) is 5.56 Å². The second-order valence-electron chi connectivity index (χ2n) is 4.11.